The Labute approximate surface area is 585 Å². The number of nitrogens with two attached hydrogens (primary N) is 1. The molecule has 9 aliphatic rings. The van der Waals surface area contributed by atoms with Crippen molar-refractivity contribution in [1.82, 2.24) is 0 Å². The number of carboxylic acid groups (broad SMARTS) is 1. The molecule has 0 radical (unpaired) electrons. The Morgan fingerprint density at radius 3 is 1.09 bits per heavy atom. The van der Waals surface area contributed by atoms with Crippen molar-refractivity contribution < 1.29 is 233 Å². The van der Waals surface area contributed by atoms with E-state index in [1.54, 1.807) is 0 Å². The Morgan fingerprint density at radius 1 is 0.346 bits per heavy atom. The van der Waals surface area contributed by atoms with E-state index in [1.165, 1.54) is 0 Å². The van der Waals surface area contributed by atoms with Gasteiger partial charge in [0.2, 0.25) is 0 Å². The van der Waals surface area contributed by atoms with Gasteiger partial charge < -0.3 is 234 Å². The number of hydrogen-bond acceptors (Lipinski definition) is 47. The minimum absolute atomic E-state index is 0.907. The van der Waals surface area contributed by atoms with Crippen LogP contribution in [0.3, 0.4) is 0 Å². The van der Waals surface area contributed by atoms with Gasteiger partial charge in [-0.1, -0.05) is 0 Å². The summed E-state index contributed by atoms with van der Waals surface area (Å²) < 4.78 is 99.0. The van der Waals surface area contributed by atoms with E-state index in [0.29, 0.717) is 0 Å². The van der Waals surface area contributed by atoms with Gasteiger partial charge in [-0.25, -0.2) is 4.79 Å². The van der Waals surface area contributed by atoms with E-state index in [9.17, 15) is 153 Å². The molecule has 0 amide bonds. The number of aliphatic hydroxyl groups is 28. The van der Waals surface area contributed by atoms with E-state index >= 15 is 0 Å². The van der Waals surface area contributed by atoms with Crippen LogP contribution in [0.25, 0.3) is 0 Å². The van der Waals surface area contributed by atoms with Crippen LogP contribution in [-0.2, 0) is 85.3 Å². The van der Waals surface area contributed by atoms with E-state index in [-0.39, 0.29) is 0 Å². The molecule has 0 aromatic rings. The number of ether oxygens (including phenoxy) is 17. The molecule has 45 atom stereocenters. The van der Waals surface area contributed by atoms with E-state index < -0.39 is 348 Å². The molecule has 0 spiro atoms. The summed E-state index contributed by atoms with van der Waals surface area (Å²) in [6.45, 7) is -10.3. The van der Waals surface area contributed by atoms with Crippen LogP contribution in [0.1, 0.15) is 6.42 Å². The van der Waals surface area contributed by atoms with Crippen molar-refractivity contribution >= 4 is 5.97 Å². The second kappa shape index (κ2) is 36.4. The zero-order valence-electron chi connectivity index (χ0n) is 54.4. The van der Waals surface area contributed by atoms with Crippen LogP contribution in [0, 0.1) is 0 Å². The van der Waals surface area contributed by atoms with Gasteiger partial charge in [-0.2, -0.15) is 0 Å². The highest BCUT2D eigenvalue weighted by Gasteiger charge is 2.62. The summed E-state index contributed by atoms with van der Waals surface area (Å²) in [6.07, 6.45) is -94.3. The number of aliphatic carboxylic acids is 1. The van der Waals surface area contributed by atoms with Gasteiger partial charge in [0, 0.05) is 6.42 Å². The average molecular weight is 1530 g/mol. The van der Waals surface area contributed by atoms with E-state index in [0.717, 1.165) is 0 Å². The molecule has 0 aromatic heterocycles. The maximum Gasteiger partial charge on any atom is 0.364 e. The monoisotopic (exact) mass is 1530 g/mol. The number of carboxylic acids is 1. The lowest BCUT2D eigenvalue weighted by molar-refractivity contribution is -0.412. The molecule has 9 heterocycles. The summed E-state index contributed by atoms with van der Waals surface area (Å²) in [5, 5.41) is 316. The molecule has 0 bridgehead atoms. The molecule has 45 unspecified atom stereocenters. The molecule has 606 valence electrons. The lowest BCUT2D eigenvalue weighted by Crippen LogP contribution is -2.70. The summed E-state index contributed by atoms with van der Waals surface area (Å²) in [7, 11) is 0. The third kappa shape index (κ3) is 17.6. The molecule has 9 aliphatic heterocycles. The van der Waals surface area contributed by atoms with Crippen LogP contribution < -0.4 is 5.73 Å². The number of rotatable bonds is 27. The first kappa shape index (κ1) is 85.6. The molecule has 0 aromatic carbocycles. The predicted octanol–water partition coefficient (Wildman–Crippen LogP) is -20.8. The highest BCUT2D eigenvalue weighted by molar-refractivity contribution is 5.75. The topological polar surface area (TPSA) is 787 Å². The molecule has 0 aliphatic carbocycles. The first-order valence-corrected chi connectivity index (χ1v) is 32.8. The van der Waals surface area contributed by atoms with Gasteiger partial charge in [0.05, 0.1) is 71.6 Å². The SMILES string of the molecule is NC1C(OC2C(OC3C(COC4OC(CO)C(O)C(O)C4OC4OC(CO)C(OC5OC(CO)C(OC6OC(CO)C(O)C(O)C6O)C(O)C5O)C(O)C4O)OC(OC4C(O)CC(O)(C(=O)O)OC4C(O)CO)C(O)C3OC3OC(CO)C(O)C(O)C3O)OC(CO)C(O)C2O)OC(CO)C(O)C1O. The van der Waals surface area contributed by atoms with Crippen LogP contribution in [0.5, 0.6) is 0 Å². The predicted molar refractivity (Wildman–Crippen MR) is 310 cm³/mol. The summed E-state index contributed by atoms with van der Waals surface area (Å²) in [5.74, 6) is -5.46. The molecule has 48 nitrogen and oxygen atoms in total. The van der Waals surface area contributed by atoms with Gasteiger partial charge in [-0.05, 0) is 0 Å². The Morgan fingerprint density at radius 2 is 0.654 bits per heavy atom. The van der Waals surface area contributed by atoms with Gasteiger partial charge in [0.1, 0.15) is 208 Å². The summed E-state index contributed by atoms with van der Waals surface area (Å²) in [6, 6.07) is -1.79. The van der Waals surface area contributed by atoms with Crippen molar-refractivity contribution in [3.63, 3.8) is 0 Å². The zero-order valence-corrected chi connectivity index (χ0v) is 54.4. The number of hydrogen-bond donors (Lipinski definition) is 30. The lowest BCUT2D eigenvalue weighted by atomic mass is 9.92. The van der Waals surface area contributed by atoms with Crippen molar-refractivity contribution in [2.45, 2.75) is 282 Å². The summed E-state index contributed by atoms with van der Waals surface area (Å²) in [4.78, 5) is 12.2. The van der Waals surface area contributed by atoms with Gasteiger partial charge >= 0.3 is 5.97 Å². The van der Waals surface area contributed by atoms with E-state index in [1.807, 2.05) is 0 Å². The molecular formula is C56H95NO47. The van der Waals surface area contributed by atoms with Crippen LogP contribution >= 0.6 is 0 Å². The average Bonchev–Trinajstić information content (AvgIpc) is 0.750. The third-order valence-corrected chi connectivity index (χ3v) is 19.4. The first-order chi connectivity index (χ1) is 49.2. The number of carbonyl (C=O) groups is 1. The second-order valence-electron chi connectivity index (χ2n) is 26.3. The van der Waals surface area contributed by atoms with Gasteiger partial charge in [-0.15, -0.1) is 0 Å². The third-order valence-electron chi connectivity index (χ3n) is 19.4. The Kier molecular flexibility index (Phi) is 30.0. The maximum absolute atomic E-state index is 12.6. The van der Waals surface area contributed by atoms with E-state index in [2.05, 4.69) is 0 Å². The standard InChI is InChI=1S/C56H95NO47/c57-21-27(73)22(68)13(3-59)89-47(21)102-46-31(77)26(72)17(7-63)93-54(46)100-43-20(96-52(38(84)44(43)101-49-35(81)29(75)24(70)15(5-61)91-49)97-39-11(66)1-56(87,55(85)86)104-40(39)12(67)2-58)10-88-53-45(30(76)25(71)16(6-62)92-53)103-51-37(83)33(79)42(19(9-65)95-51)99-50-36(82)32(78)41(18(8-64)94-50)98-48-34(80)28(74)23(69)14(4-60)90-48/h11-54,58-84,87H,1-10,57H2,(H,85,86). The summed E-state index contributed by atoms with van der Waals surface area (Å²) >= 11 is 0. The highest BCUT2D eigenvalue weighted by Crippen LogP contribution is 2.41. The largest absolute Gasteiger partial charge is 0.477 e. The van der Waals surface area contributed by atoms with Crippen LogP contribution in [0.15, 0.2) is 0 Å². The molecular weight excluding hydrogens is 1440 g/mol. The zero-order chi connectivity index (χ0) is 76.6. The highest BCUT2D eigenvalue weighted by atomic mass is 16.8. The van der Waals surface area contributed by atoms with E-state index in [4.69, 9.17) is 86.3 Å². The van der Waals surface area contributed by atoms with Gasteiger partial charge in [0.25, 0.3) is 5.79 Å². The molecule has 9 rings (SSSR count). The van der Waals surface area contributed by atoms with Gasteiger partial charge in [-0.3, -0.25) is 0 Å². The molecule has 9 saturated heterocycles. The Bertz CT molecular complexity index is 2630. The molecule has 9 fully saturated rings. The second-order valence-corrected chi connectivity index (χ2v) is 26.3. The maximum atomic E-state index is 12.6. The number of aliphatic hydroxyl groups excluding tert-OH is 27. The smallest absolute Gasteiger partial charge is 0.364 e. The first-order valence-electron chi connectivity index (χ1n) is 32.8. The van der Waals surface area contributed by atoms with Crippen molar-refractivity contribution in [1.29, 1.82) is 0 Å². The normalized spacial score (nSPS) is 52.3. The van der Waals surface area contributed by atoms with Crippen LogP contribution in [-0.4, -0.2) is 489 Å². The fourth-order valence-corrected chi connectivity index (χ4v) is 13.3. The fourth-order valence-electron chi connectivity index (χ4n) is 13.3. The molecule has 0 saturated carbocycles. The lowest BCUT2D eigenvalue weighted by Gasteiger charge is -2.51. The minimum atomic E-state index is -3.33. The Balaban J connectivity index is 1.05. The molecule has 31 N–H and O–H groups in total. The van der Waals surface area contributed by atoms with Crippen LogP contribution in [0.4, 0.5) is 0 Å². The van der Waals surface area contributed by atoms with Crippen molar-refractivity contribution in [3.8, 4) is 0 Å². The van der Waals surface area contributed by atoms with Crippen molar-refractivity contribution in [3.05, 3.63) is 0 Å². The van der Waals surface area contributed by atoms with Crippen molar-refractivity contribution in [2.75, 3.05) is 59.5 Å². The molecule has 48 heteroatoms. The minimum Gasteiger partial charge on any atom is -0.477 e. The van der Waals surface area contributed by atoms with Crippen molar-refractivity contribution in [2.24, 2.45) is 5.73 Å². The van der Waals surface area contributed by atoms with Gasteiger partial charge in [0.15, 0.2) is 50.3 Å². The quantitative estimate of drug-likeness (QED) is 0.0363. The van der Waals surface area contributed by atoms with Crippen LogP contribution in [0.2, 0.25) is 0 Å². The molecule has 104 heavy (non-hydrogen) atoms. The summed E-state index contributed by atoms with van der Waals surface area (Å²) in [5.41, 5.74) is 6.17. The Hall–Kier alpha value is -2.37. The fraction of sp³-hybridized carbons (Fsp3) is 0.982.